The number of pyridine rings is 1. The number of aromatic carboxylic acids is 1. The molecule has 0 radical (unpaired) electrons. The van der Waals surface area contributed by atoms with Crippen LogP contribution in [0.4, 0.5) is 0 Å². The van der Waals surface area contributed by atoms with Crippen LogP contribution in [0.15, 0.2) is 30.3 Å². The lowest BCUT2D eigenvalue weighted by molar-refractivity contribution is 0.0694. The third-order valence-corrected chi connectivity index (χ3v) is 4.00. The van der Waals surface area contributed by atoms with Crippen molar-refractivity contribution >= 4 is 11.9 Å². The van der Waals surface area contributed by atoms with Crippen molar-refractivity contribution in [3.05, 3.63) is 58.4 Å². The van der Waals surface area contributed by atoms with Crippen LogP contribution in [0.2, 0.25) is 0 Å². The second-order valence-corrected chi connectivity index (χ2v) is 5.68. The summed E-state index contributed by atoms with van der Waals surface area (Å²) < 4.78 is 5.47. The summed E-state index contributed by atoms with van der Waals surface area (Å²) in [5.74, 6) is -0.409. The molecule has 6 heteroatoms. The Morgan fingerprint density at radius 2 is 2.12 bits per heavy atom. The zero-order valence-corrected chi connectivity index (χ0v) is 13.3. The predicted molar refractivity (Wildman–Crippen MR) is 87.6 cm³/mol. The average Bonchev–Trinajstić information content (AvgIpc) is 3.02. The Balaban J connectivity index is 1.58. The van der Waals surface area contributed by atoms with Crippen molar-refractivity contribution in [2.45, 2.75) is 19.8 Å². The van der Waals surface area contributed by atoms with E-state index in [1.165, 1.54) is 17.7 Å². The summed E-state index contributed by atoms with van der Waals surface area (Å²) in [5.41, 5.74) is 3.01. The van der Waals surface area contributed by atoms with Gasteiger partial charge in [0.1, 0.15) is 11.4 Å². The van der Waals surface area contributed by atoms with Gasteiger partial charge in [-0.15, -0.1) is 0 Å². The Labute approximate surface area is 139 Å². The van der Waals surface area contributed by atoms with E-state index in [9.17, 15) is 9.59 Å². The molecule has 1 aromatic heterocycles. The zero-order chi connectivity index (χ0) is 17.1. The number of carbonyl (C=O) groups excluding carboxylic acids is 1. The maximum atomic E-state index is 12.1. The molecule has 0 unspecified atom stereocenters. The van der Waals surface area contributed by atoms with Crippen LogP contribution >= 0.6 is 0 Å². The number of carboxylic acids is 1. The first-order valence-corrected chi connectivity index (χ1v) is 7.78. The first kappa shape index (κ1) is 16.0. The van der Waals surface area contributed by atoms with E-state index in [0.29, 0.717) is 18.7 Å². The number of ether oxygens (including phenoxy) is 1. The van der Waals surface area contributed by atoms with E-state index in [4.69, 9.17) is 9.84 Å². The number of fused-ring (bicyclic) bond motifs is 1. The van der Waals surface area contributed by atoms with Crippen LogP contribution in [0.5, 0.6) is 5.75 Å². The molecule has 0 atom stereocenters. The molecule has 6 nitrogen and oxygen atoms in total. The first-order chi connectivity index (χ1) is 11.5. The van der Waals surface area contributed by atoms with Crippen molar-refractivity contribution in [3.63, 3.8) is 0 Å². The number of aryl methyl sites for hydroxylation is 1. The number of hydrogen-bond acceptors (Lipinski definition) is 4. The number of aromatic nitrogens is 1. The van der Waals surface area contributed by atoms with Gasteiger partial charge in [0.05, 0.1) is 17.9 Å². The summed E-state index contributed by atoms with van der Waals surface area (Å²) in [4.78, 5) is 27.1. The van der Waals surface area contributed by atoms with Crippen molar-refractivity contribution in [1.29, 1.82) is 0 Å². The highest BCUT2D eigenvalue weighted by Crippen LogP contribution is 2.25. The van der Waals surface area contributed by atoms with Gasteiger partial charge in [-0.05, 0) is 42.7 Å². The Kier molecular flexibility index (Phi) is 4.46. The molecule has 2 heterocycles. The lowest BCUT2D eigenvalue weighted by Crippen LogP contribution is -2.27. The van der Waals surface area contributed by atoms with Crippen LogP contribution in [0.25, 0.3) is 0 Å². The van der Waals surface area contributed by atoms with Gasteiger partial charge < -0.3 is 15.2 Å². The second-order valence-electron chi connectivity index (χ2n) is 5.68. The molecule has 24 heavy (non-hydrogen) atoms. The lowest BCUT2D eigenvalue weighted by Gasteiger charge is -2.07. The van der Waals surface area contributed by atoms with E-state index >= 15 is 0 Å². The third kappa shape index (κ3) is 3.37. The van der Waals surface area contributed by atoms with Crippen LogP contribution in [-0.2, 0) is 12.8 Å². The SMILES string of the molecule is Cc1nc(C(=O)NCCc2ccc3c(c2)CCO3)ccc1C(=O)O. The molecule has 1 aliphatic heterocycles. The number of hydrogen-bond donors (Lipinski definition) is 2. The highest BCUT2D eigenvalue weighted by atomic mass is 16.5. The lowest BCUT2D eigenvalue weighted by atomic mass is 10.1. The van der Waals surface area contributed by atoms with Gasteiger partial charge in [0.2, 0.25) is 0 Å². The van der Waals surface area contributed by atoms with Crippen molar-refractivity contribution in [3.8, 4) is 5.75 Å². The van der Waals surface area contributed by atoms with Crippen molar-refractivity contribution < 1.29 is 19.4 Å². The maximum absolute atomic E-state index is 12.1. The molecule has 3 rings (SSSR count). The van der Waals surface area contributed by atoms with Crippen LogP contribution < -0.4 is 10.1 Å². The molecule has 0 spiro atoms. The molecule has 1 aromatic carbocycles. The van der Waals surface area contributed by atoms with E-state index in [2.05, 4.69) is 16.4 Å². The fourth-order valence-corrected chi connectivity index (χ4v) is 2.72. The number of carboxylic acid groups (broad SMARTS) is 1. The number of carbonyl (C=O) groups is 2. The normalized spacial score (nSPS) is 12.4. The van der Waals surface area contributed by atoms with Gasteiger partial charge in [0.25, 0.3) is 5.91 Å². The van der Waals surface area contributed by atoms with E-state index in [1.807, 2.05) is 12.1 Å². The van der Waals surface area contributed by atoms with Gasteiger partial charge in [-0.1, -0.05) is 12.1 Å². The minimum absolute atomic E-state index is 0.104. The van der Waals surface area contributed by atoms with Crippen molar-refractivity contribution in [2.24, 2.45) is 0 Å². The Morgan fingerprint density at radius 3 is 2.88 bits per heavy atom. The molecule has 0 bridgehead atoms. The van der Waals surface area contributed by atoms with Crippen LogP contribution in [0.1, 0.15) is 37.7 Å². The molecule has 1 amide bonds. The Bertz CT molecular complexity index is 802. The molecular weight excluding hydrogens is 308 g/mol. The summed E-state index contributed by atoms with van der Waals surface area (Å²) in [6, 6.07) is 8.91. The van der Waals surface area contributed by atoms with E-state index in [1.54, 1.807) is 6.92 Å². The first-order valence-electron chi connectivity index (χ1n) is 7.78. The molecule has 1 aliphatic rings. The van der Waals surface area contributed by atoms with Gasteiger partial charge in [-0.25, -0.2) is 9.78 Å². The molecule has 0 aliphatic carbocycles. The third-order valence-electron chi connectivity index (χ3n) is 4.00. The van der Waals surface area contributed by atoms with Gasteiger partial charge >= 0.3 is 5.97 Å². The van der Waals surface area contributed by atoms with Gasteiger partial charge in [0.15, 0.2) is 0 Å². The fraction of sp³-hybridized carbons (Fsp3) is 0.278. The van der Waals surface area contributed by atoms with Crippen LogP contribution in [-0.4, -0.2) is 35.1 Å². The molecule has 0 saturated heterocycles. The smallest absolute Gasteiger partial charge is 0.337 e. The largest absolute Gasteiger partial charge is 0.493 e. The topological polar surface area (TPSA) is 88.5 Å². The molecule has 2 N–H and O–H groups in total. The molecule has 0 saturated carbocycles. The van der Waals surface area contributed by atoms with Crippen LogP contribution in [0, 0.1) is 6.92 Å². The number of nitrogens with zero attached hydrogens (tertiary/aromatic N) is 1. The summed E-state index contributed by atoms with van der Waals surface area (Å²) in [7, 11) is 0. The quantitative estimate of drug-likeness (QED) is 0.877. The van der Waals surface area contributed by atoms with Crippen molar-refractivity contribution in [2.75, 3.05) is 13.2 Å². The minimum atomic E-state index is -1.05. The van der Waals surface area contributed by atoms with Crippen molar-refractivity contribution in [1.82, 2.24) is 10.3 Å². The summed E-state index contributed by atoms with van der Waals surface area (Å²) in [5, 5.41) is 11.8. The standard InChI is InChI=1S/C18H18N2O4/c1-11-14(18(22)23)3-4-15(20-11)17(21)19-8-6-12-2-5-16-13(10-12)7-9-24-16/h2-5,10H,6-9H2,1H3,(H,19,21)(H,22,23). The number of rotatable bonds is 5. The number of amides is 1. The average molecular weight is 326 g/mol. The molecule has 2 aromatic rings. The Hall–Kier alpha value is -2.89. The summed E-state index contributed by atoms with van der Waals surface area (Å²) in [6.07, 6.45) is 1.64. The monoisotopic (exact) mass is 326 g/mol. The van der Waals surface area contributed by atoms with E-state index in [-0.39, 0.29) is 17.2 Å². The van der Waals surface area contributed by atoms with Gasteiger partial charge in [-0.3, -0.25) is 4.79 Å². The predicted octanol–water partition coefficient (Wildman–Crippen LogP) is 2.00. The summed E-state index contributed by atoms with van der Waals surface area (Å²) in [6.45, 7) is 2.79. The highest BCUT2D eigenvalue weighted by Gasteiger charge is 2.14. The number of nitrogens with one attached hydrogen (secondary N) is 1. The minimum Gasteiger partial charge on any atom is -0.493 e. The molecular formula is C18H18N2O4. The second kappa shape index (κ2) is 6.70. The highest BCUT2D eigenvalue weighted by molar-refractivity contribution is 5.94. The zero-order valence-electron chi connectivity index (χ0n) is 13.3. The van der Waals surface area contributed by atoms with Gasteiger partial charge in [0, 0.05) is 13.0 Å². The number of benzene rings is 1. The maximum Gasteiger partial charge on any atom is 0.337 e. The molecule has 124 valence electrons. The van der Waals surface area contributed by atoms with E-state index in [0.717, 1.165) is 24.3 Å². The Morgan fingerprint density at radius 1 is 1.29 bits per heavy atom. The van der Waals surface area contributed by atoms with Gasteiger partial charge in [-0.2, -0.15) is 0 Å². The van der Waals surface area contributed by atoms with E-state index < -0.39 is 5.97 Å². The molecule has 0 fully saturated rings. The fourth-order valence-electron chi connectivity index (χ4n) is 2.72. The summed E-state index contributed by atoms with van der Waals surface area (Å²) >= 11 is 0. The van der Waals surface area contributed by atoms with Crippen LogP contribution in [0.3, 0.4) is 0 Å².